The Balaban J connectivity index is 1.86. The average molecular weight is 257 g/mol. The molecule has 0 bridgehead atoms. The summed E-state index contributed by atoms with van der Waals surface area (Å²) in [7, 11) is 0. The number of carbonyl (C=O) groups is 1. The van der Waals surface area contributed by atoms with Gasteiger partial charge in [-0.2, -0.15) is 0 Å². The summed E-state index contributed by atoms with van der Waals surface area (Å²) in [4.78, 5) is 14.6. The van der Waals surface area contributed by atoms with E-state index < -0.39 is 0 Å². The van der Waals surface area contributed by atoms with Gasteiger partial charge in [-0.25, -0.2) is 0 Å². The number of rotatable bonds is 2. The summed E-state index contributed by atoms with van der Waals surface area (Å²) in [6.07, 6.45) is 6.21. The molecule has 1 heterocycles. The molecule has 1 spiro atoms. The zero-order valence-electron chi connectivity index (χ0n) is 12.0. The largest absolute Gasteiger partial charge is 0.331 e. The number of likely N-dealkylation sites (tertiary alicyclic amines) is 1. The van der Waals surface area contributed by atoms with Gasteiger partial charge in [0.15, 0.2) is 0 Å². The van der Waals surface area contributed by atoms with Gasteiger partial charge in [0.05, 0.1) is 11.0 Å². The van der Waals surface area contributed by atoms with Crippen molar-refractivity contribution in [2.24, 2.45) is 5.41 Å². The van der Waals surface area contributed by atoms with Gasteiger partial charge in [0.25, 0.3) is 0 Å². The Morgan fingerprint density at radius 2 is 1.68 bits per heavy atom. The summed E-state index contributed by atoms with van der Waals surface area (Å²) in [5.74, 6) is 0.332. The van der Waals surface area contributed by atoms with Crippen LogP contribution in [0, 0.1) is 5.41 Å². The van der Waals surface area contributed by atoms with Gasteiger partial charge in [-0.1, -0.05) is 49.6 Å². The van der Waals surface area contributed by atoms with Crippen LogP contribution in [0.4, 0.5) is 0 Å². The predicted octanol–water partition coefficient (Wildman–Crippen LogP) is 3.76. The van der Waals surface area contributed by atoms with Crippen LogP contribution >= 0.6 is 0 Å². The van der Waals surface area contributed by atoms with E-state index in [1.165, 1.54) is 37.7 Å². The lowest BCUT2D eigenvalue weighted by Crippen LogP contribution is -2.75. The Bertz CT molecular complexity index is 471. The van der Waals surface area contributed by atoms with Crippen LogP contribution in [0.2, 0.25) is 0 Å². The maximum atomic E-state index is 12.5. The van der Waals surface area contributed by atoms with Crippen LogP contribution in [-0.4, -0.2) is 16.3 Å². The first-order valence-electron chi connectivity index (χ1n) is 7.44. The lowest BCUT2D eigenvalue weighted by molar-refractivity contribution is -0.196. The molecule has 1 aromatic rings. The third kappa shape index (κ3) is 1.73. The minimum atomic E-state index is -0.164. The molecule has 1 saturated heterocycles. The fourth-order valence-electron chi connectivity index (χ4n) is 4.04. The van der Waals surface area contributed by atoms with Crippen molar-refractivity contribution in [2.75, 3.05) is 0 Å². The molecule has 0 aromatic heterocycles. The molecule has 19 heavy (non-hydrogen) atoms. The van der Waals surface area contributed by atoms with E-state index in [0.717, 1.165) is 6.54 Å². The Morgan fingerprint density at radius 3 is 2.32 bits per heavy atom. The highest BCUT2D eigenvalue weighted by molar-refractivity contribution is 5.91. The molecule has 2 nitrogen and oxygen atoms in total. The van der Waals surface area contributed by atoms with E-state index >= 15 is 0 Å². The topological polar surface area (TPSA) is 20.3 Å². The van der Waals surface area contributed by atoms with Crippen LogP contribution < -0.4 is 0 Å². The summed E-state index contributed by atoms with van der Waals surface area (Å²) >= 11 is 0. The third-order valence-electron chi connectivity index (χ3n) is 5.32. The lowest BCUT2D eigenvalue weighted by atomic mass is 9.56. The van der Waals surface area contributed by atoms with Crippen molar-refractivity contribution in [3.05, 3.63) is 35.9 Å². The van der Waals surface area contributed by atoms with Gasteiger partial charge in [0.2, 0.25) is 5.91 Å². The first-order chi connectivity index (χ1) is 9.08. The second-order valence-corrected chi connectivity index (χ2v) is 6.59. The minimum absolute atomic E-state index is 0.123. The predicted molar refractivity (Wildman–Crippen MR) is 76.6 cm³/mol. The molecule has 1 aliphatic carbocycles. The second-order valence-electron chi connectivity index (χ2n) is 6.59. The zero-order chi connectivity index (χ0) is 13.5. The summed E-state index contributed by atoms with van der Waals surface area (Å²) in [6.45, 7) is 5.06. The van der Waals surface area contributed by atoms with Crippen LogP contribution in [0.3, 0.4) is 0 Å². The molecule has 0 atom stereocenters. The normalized spacial score (nSPS) is 24.3. The molecule has 0 radical (unpaired) electrons. The Morgan fingerprint density at radius 1 is 1.05 bits per heavy atom. The molecule has 1 amide bonds. The van der Waals surface area contributed by atoms with Crippen LogP contribution in [0.5, 0.6) is 0 Å². The van der Waals surface area contributed by atoms with Crippen molar-refractivity contribution < 1.29 is 4.79 Å². The molecule has 1 aliphatic heterocycles. The molecule has 0 unspecified atom stereocenters. The number of β-lactam (4-membered cyclic amide) rings is 1. The summed E-state index contributed by atoms with van der Waals surface area (Å²) in [6, 6.07) is 10.4. The molecule has 2 aliphatic rings. The monoisotopic (exact) mass is 257 g/mol. The van der Waals surface area contributed by atoms with E-state index in [2.05, 4.69) is 43.0 Å². The molecule has 0 N–H and O–H groups in total. The van der Waals surface area contributed by atoms with Gasteiger partial charge in [0.1, 0.15) is 0 Å². The fourth-order valence-corrected chi connectivity index (χ4v) is 4.04. The Labute approximate surface area is 115 Å². The maximum Gasteiger partial charge on any atom is 0.231 e. The van der Waals surface area contributed by atoms with Gasteiger partial charge in [-0.15, -0.1) is 0 Å². The van der Waals surface area contributed by atoms with Gasteiger partial charge < -0.3 is 4.90 Å². The van der Waals surface area contributed by atoms with Gasteiger partial charge in [0, 0.05) is 6.54 Å². The van der Waals surface area contributed by atoms with Crippen molar-refractivity contribution in [1.82, 2.24) is 4.90 Å². The highest BCUT2D eigenvalue weighted by Crippen LogP contribution is 2.56. The van der Waals surface area contributed by atoms with E-state index in [-0.39, 0.29) is 11.0 Å². The Hall–Kier alpha value is -1.31. The molecule has 1 saturated carbocycles. The van der Waals surface area contributed by atoms with E-state index in [1.54, 1.807) is 0 Å². The van der Waals surface area contributed by atoms with Crippen LogP contribution in [0.25, 0.3) is 0 Å². The van der Waals surface area contributed by atoms with Gasteiger partial charge in [-0.05, 0) is 32.3 Å². The first kappa shape index (κ1) is 12.7. The van der Waals surface area contributed by atoms with Crippen molar-refractivity contribution in [3.63, 3.8) is 0 Å². The van der Waals surface area contributed by atoms with Crippen molar-refractivity contribution >= 4 is 5.91 Å². The molecule has 2 heteroatoms. The van der Waals surface area contributed by atoms with Crippen molar-refractivity contribution in [2.45, 2.75) is 58.0 Å². The average Bonchev–Trinajstić information content (AvgIpc) is 2.46. The minimum Gasteiger partial charge on any atom is -0.331 e. The summed E-state index contributed by atoms with van der Waals surface area (Å²) < 4.78 is 0. The van der Waals surface area contributed by atoms with E-state index in [1.807, 2.05) is 6.07 Å². The van der Waals surface area contributed by atoms with Gasteiger partial charge in [-0.3, -0.25) is 4.79 Å². The zero-order valence-corrected chi connectivity index (χ0v) is 12.0. The number of amides is 1. The molecule has 102 valence electrons. The first-order valence-corrected chi connectivity index (χ1v) is 7.44. The molecular weight excluding hydrogens is 234 g/mol. The van der Waals surface area contributed by atoms with Crippen LogP contribution in [0.15, 0.2) is 30.3 Å². The number of carbonyl (C=O) groups excluding carboxylic acids is 1. The highest BCUT2D eigenvalue weighted by Gasteiger charge is 2.64. The number of hydrogen-bond acceptors (Lipinski definition) is 1. The fraction of sp³-hybridized carbons (Fsp3) is 0.588. The van der Waals surface area contributed by atoms with Crippen molar-refractivity contribution in [3.8, 4) is 0 Å². The lowest BCUT2D eigenvalue weighted by Gasteiger charge is -2.64. The van der Waals surface area contributed by atoms with Crippen molar-refractivity contribution in [1.29, 1.82) is 0 Å². The molecule has 2 fully saturated rings. The van der Waals surface area contributed by atoms with Crippen LogP contribution in [0.1, 0.15) is 51.5 Å². The SMILES string of the molecule is CC1(C)C(=O)N(Cc2ccccc2)C12CCCCC2. The highest BCUT2D eigenvalue weighted by atomic mass is 16.2. The maximum absolute atomic E-state index is 12.5. The number of hydrogen-bond donors (Lipinski definition) is 0. The standard InChI is InChI=1S/C17H23NO/c1-16(2)15(19)18(13-14-9-5-3-6-10-14)17(16)11-7-4-8-12-17/h3,5-6,9-10H,4,7-8,11-13H2,1-2H3. The molecule has 3 rings (SSSR count). The smallest absolute Gasteiger partial charge is 0.231 e. The quantitative estimate of drug-likeness (QED) is 0.739. The van der Waals surface area contributed by atoms with Crippen LogP contribution in [-0.2, 0) is 11.3 Å². The van der Waals surface area contributed by atoms with E-state index in [4.69, 9.17) is 0 Å². The summed E-state index contributed by atoms with van der Waals surface area (Å²) in [5, 5.41) is 0. The molecular formula is C17H23NO. The van der Waals surface area contributed by atoms with Gasteiger partial charge >= 0.3 is 0 Å². The number of benzene rings is 1. The third-order valence-corrected chi connectivity index (χ3v) is 5.32. The second kappa shape index (κ2) is 4.36. The Kier molecular flexibility index (Phi) is 2.92. The molecule has 1 aromatic carbocycles. The van der Waals surface area contributed by atoms with E-state index in [0.29, 0.717) is 5.91 Å². The van der Waals surface area contributed by atoms with E-state index in [9.17, 15) is 4.79 Å². The summed E-state index contributed by atoms with van der Waals surface area (Å²) in [5.41, 5.74) is 1.21. The number of nitrogens with zero attached hydrogens (tertiary/aromatic N) is 1.